The summed E-state index contributed by atoms with van der Waals surface area (Å²) in [4.78, 5) is 24.8. The topological polar surface area (TPSA) is 99.2 Å². The molecular weight excluding hydrogens is 408 g/mol. The van der Waals surface area contributed by atoms with Crippen LogP contribution < -0.4 is 5.32 Å². The van der Waals surface area contributed by atoms with Crippen molar-refractivity contribution in [2.45, 2.75) is 20.4 Å². The molecule has 162 valence electrons. The SMILES string of the molecule is COC(=O)c1ccccc1Cn1nc(C)c(NC(=O)c2cc(-c3ccccc3)on2)c1C. The Morgan fingerprint density at radius 1 is 1.06 bits per heavy atom. The number of anilines is 1. The largest absolute Gasteiger partial charge is 0.465 e. The van der Waals surface area contributed by atoms with Gasteiger partial charge in [0.25, 0.3) is 5.91 Å². The van der Waals surface area contributed by atoms with Crippen molar-refractivity contribution in [3.05, 3.63) is 88.9 Å². The fourth-order valence-corrected chi connectivity index (χ4v) is 3.46. The third kappa shape index (κ3) is 4.15. The molecule has 32 heavy (non-hydrogen) atoms. The van der Waals surface area contributed by atoms with Crippen LogP contribution >= 0.6 is 0 Å². The Bertz CT molecular complexity index is 1270. The third-order valence-electron chi connectivity index (χ3n) is 5.16. The van der Waals surface area contributed by atoms with E-state index in [1.807, 2.05) is 56.3 Å². The summed E-state index contributed by atoms with van der Waals surface area (Å²) in [5.41, 5.74) is 4.25. The van der Waals surface area contributed by atoms with Gasteiger partial charge < -0.3 is 14.6 Å². The number of benzene rings is 2. The molecule has 0 aliphatic heterocycles. The Balaban J connectivity index is 1.55. The van der Waals surface area contributed by atoms with Gasteiger partial charge in [-0.25, -0.2) is 4.79 Å². The first-order valence-electron chi connectivity index (χ1n) is 10.0. The predicted molar refractivity (Wildman–Crippen MR) is 118 cm³/mol. The molecule has 8 heteroatoms. The van der Waals surface area contributed by atoms with Crippen LogP contribution in [0.4, 0.5) is 5.69 Å². The number of hydrogen-bond donors (Lipinski definition) is 1. The van der Waals surface area contributed by atoms with Crippen LogP contribution in [0, 0.1) is 13.8 Å². The van der Waals surface area contributed by atoms with Gasteiger partial charge in [0.05, 0.1) is 36.3 Å². The summed E-state index contributed by atoms with van der Waals surface area (Å²) >= 11 is 0. The van der Waals surface area contributed by atoms with E-state index in [0.29, 0.717) is 29.2 Å². The minimum Gasteiger partial charge on any atom is -0.465 e. The zero-order valence-electron chi connectivity index (χ0n) is 18.0. The molecule has 2 aromatic heterocycles. The normalized spacial score (nSPS) is 10.7. The van der Waals surface area contributed by atoms with Gasteiger partial charge in [-0.3, -0.25) is 9.48 Å². The maximum atomic E-state index is 12.8. The molecule has 0 saturated heterocycles. The molecule has 0 fully saturated rings. The number of nitrogens with zero attached hydrogens (tertiary/aromatic N) is 3. The summed E-state index contributed by atoms with van der Waals surface area (Å²) < 4.78 is 11.9. The molecule has 0 atom stereocenters. The van der Waals surface area contributed by atoms with Crippen LogP contribution in [0.5, 0.6) is 0 Å². The molecule has 0 bridgehead atoms. The molecule has 8 nitrogen and oxygen atoms in total. The number of carbonyl (C=O) groups is 2. The molecule has 0 aliphatic carbocycles. The molecule has 4 rings (SSSR count). The van der Waals surface area contributed by atoms with Crippen molar-refractivity contribution in [2.75, 3.05) is 12.4 Å². The van der Waals surface area contributed by atoms with Gasteiger partial charge in [-0.1, -0.05) is 53.7 Å². The smallest absolute Gasteiger partial charge is 0.338 e. The number of aromatic nitrogens is 3. The lowest BCUT2D eigenvalue weighted by Crippen LogP contribution is -2.14. The number of aryl methyl sites for hydroxylation is 1. The van der Waals surface area contributed by atoms with Gasteiger partial charge in [0.1, 0.15) is 0 Å². The number of hydrogen-bond acceptors (Lipinski definition) is 6. The lowest BCUT2D eigenvalue weighted by molar-refractivity contribution is 0.0599. The Kier molecular flexibility index (Phi) is 5.85. The lowest BCUT2D eigenvalue weighted by atomic mass is 10.1. The first kappa shape index (κ1) is 21.0. The van der Waals surface area contributed by atoms with Crippen LogP contribution in [0.3, 0.4) is 0 Å². The van der Waals surface area contributed by atoms with Crippen LogP contribution in [0.25, 0.3) is 11.3 Å². The molecule has 0 aliphatic rings. The number of ether oxygens (including phenoxy) is 1. The second-order valence-corrected chi connectivity index (χ2v) is 7.25. The van der Waals surface area contributed by atoms with Crippen molar-refractivity contribution in [1.29, 1.82) is 0 Å². The predicted octanol–water partition coefficient (Wildman–Crippen LogP) is 4.24. The fraction of sp³-hybridized carbons (Fsp3) is 0.167. The molecule has 1 N–H and O–H groups in total. The van der Waals surface area contributed by atoms with Crippen molar-refractivity contribution < 1.29 is 18.8 Å². The summed E-state index contributed by atoms with van der Waals surface area (Å²) in [7, 11) is 1.35. The Hall–Kier alpha value is -4.20. The number of amides is 1. The molecule has 1 amide bonds. The van der Waals surface area contributed by atoms with Crippen LogP contribution in [0.2, 0.25) is 0 Å². The number of nitrogens with one attached hydrogen (secondary N) is 1. The van der Waals surface area contributed by atoms with Crippen LogP contribution in [0.15, 0.2) is 65.2 Å². The van der Waals surface area contributed by atoms with E-state index in [9.17, 15) is 9.59 Å². The van der Waals surface area contributed by atoms with Gasteiger partial charge in [0, 0.05) is 11.6 Å². The quantitative estimate of drug-likeness (QED) is 0.459. The highest BCUT2D eigenvalue weighted by atomic mass is 16.5. The average molecular weight is 430 g/mol. The van der Waals surface area contributed by atoms with E-state index < -0.39 is 11.9 Å². The van der Waals surface area contributed by atoms with Gasteiger partial charge >= 0.3 is 5.97 Å². The van der Waals surface area contributed by atoms with Crippen molar-refractivity contribution in [2.24, 2.45) is 0 Å². The highest BCUT2D eigenvalue weighted by Gasteiger charge is 2.20. The number of rotatable bonds is 6. The standard InChI is InChI=1S/C24H22N4O4/c1-15-22(25-23(29)20-13-21(32-27-20)17-9-5-4-6-10-17)16(2)28(26-15)14-18-11-7-8-12-19(18)24(30)31-3/h4-13H,14H2,1-3H3,(H,25,29). The zero-order chi connectivity index (χ0) is 22.7. The minimum absolute atomic E-state index is 0.173. The van der Waals surface area contributed by atoms with Crippen molar-refractivity contribution in [1.82, 2.24) is 14.9 Å². The second-order valence-electron chi connectivity index (χ2n) is 7.25. The molecule has 0 unspecified atom stereocenters. The van der Waals surface area contributed by atoms with Crippen molar-refractivity contribution in [3.8, 4) is 11.3 Å². The second kappa shape index (κ2) is 8.89. The van der Waals surface area contributed by atoms with Crippen LogP contribution in [0.1, 0.15) is 37.8 Å². The van der Waals surface area contributed by atoms with E-state index in [2.05, 4.69) is 15.6 Å². The van der Waals surface area contributed by atoms with Gasteiger partial charge in [-0.2, -0.15) is 5.10 Å². The highest BCUT2D eigenvalue weighted by Crippen LogP contribution is 2.24. The van der Waals surface area contributed by atoms with Gasteiger partial charge in [-0.05, 0) is 25.5 Å². The fourth-order valence-electron chi connectivity index (χ4n) is 3.46. The number of carbonyl (C=O) groups excluding carboxylic acids is 2. The van der Waals surface area contributed by atoms with E-state index >= 15 is 0 Å². The van der Waals surface area contributed by atoms with Crippen molar-refractivity contribution in [3.63, 3.8) is 0 Å². The molecule has 2 aromatic carbocycles. The number of esters is 1. The first-order valence-corrected chi connectivity index (χ1v) is 10.0. The van der Waals surface area contributed by atoms with E-state index in [-0.39, 0.29) is 5.69 Å². The summed E-state index contributed by atoms with van der Waals surface area (Å²) in [5.74, 6) is -0.285. The average Bonchev–Trinajstić information content (AvgIpc) is 3.41. The maximum absolute atomic E-state index is 12.8. The van der Waals surface area contributed by atoms with Crippen molar-refractivity contribution >= 4 is 17.6 Å². The molecule has 0 radical (unpaired) electrons. The number of methoxy groups -OCH3 is 1. The molecule has 4 aromatic rings. The Labute approximate surface area is 184 Å². The lowest BCUT2D eigenvalue weighted by Gasteiger charge is -2.10. The van der Waals surface area contributed by atoms with E-state index in [1.54, 1.807) is 22.9 Å². The Morgan fingerprint density at radius 2 is 1.78 bits per heavy atom. The first-order chi connectivity index (χ1) is 15.5. The van der Waals surface area contributed by atoms with Crippen LogP contribution in [-0.4, -0.2) is 33.9 Å². The van der Waals surface area contributed by atoms with Crippen LogP contribution in [-0.2, 0) is 11.3 Å². The summed E-state index contributed by atoms with van der Waals surface area (Å²) in [6, 6.07) is 18.2. The van der Waals surface area contributed by atoms with E-state index in [0.717, 1.165) is 16.8 Å². The summed E-state index contributed by atoms with van der Waals surface area (Å²) in [6.07, 6.45) is 0. The monoisotopic (exact) mass is 430 g/mol. The van der Waals surface area contributed by atoms with E-state index in [4.69, 9.17) is 9.26 Å². The summed E-state index contributed by atoms with van der Waals surface area (Å²) in [6.45, 7) is 4.02. The molecule has 2 heterocycles. The highest BCUT2D eigenvalue weighted by molar-refractivity contribution is 6.04. The Morgan fingerprint density at radius 3 is 2.53 bits per heavy atom. The molecule has 0 spiro atoms. The maximum Gasteiger partial charge on any atom is 0.338 e. The zero-order valence-corrected chi connectivity index (χ0v) is 18.0. The molecular formula is C24H22N4O4. The molecule has 0 saturated carbocycles. The van der Waals surface area contributed by atoms with Gasteiger partial charge in [0.2, 0.25) is 0 Å². The van der Waals surface area contributed by atoms with Gasteiger partial charge in [0.15, 0.2) is 11.5 Å². The van der Waals surface area contributed by atoms with Gasteiger partial charge in [-0.15, -0.1) is 0 Å². The summed E-state index contributed by atoms with van der Waals surface area (Å²) in [5, 5.41) is 11.3. The third-order valence-corrected chi connectivity index (χ3v) is 5.16. The van der Waals surface area contributed by atoms with E-state index in [1.165, 1.54) is 7.11 Å². The minimum atomic E-state index is -0.407.